The molecule has 3 aliphatic heterocycles. The van der Waals surface area contributed by atoms with Crippen molar-refractivity contribution < 1.29 is 27.5 Å². The average molecular weight is 439 g/mol. The molecule has 174 valence electrons. The number of aliphatic hydroxyl groups is 1. The Morgan fingerprint density at radius 3 is 2.53 bits per heavy atom. The van der Waals surface area contributed by atoms with Crippen LogP contribution in [0.5, 0.6) is 0 Å². The monoisotopic (exact) mass is 439 g/mol. The van der Waals surface area contributed by atoms with E-state index in [1.165, 1.54) is 0 Å². The lowest BCUT2D eigenvalue weighted by Crippen LogP contribution is -2.69. The zero-order chi connectivity index (χ0) is 21.3. The summed E-state index contributed by atoms with van der Waals surface area (Å²) < 4.78 is 54.4. The van der Waals surface area contributed by atoms with Gasteiger partial charge in [0, 0.05) is 32.2 Å². The lowest BCUT2D eigenvalue weighted by Gasteiger charge is -2.45. The van der Waals surface area contributed by atoms with Crippen LogP contribution in [0, 0.1) is 11.8 Å². The highest BCUT2D eigenvalue weighted by Crippen LogP contribution is 2.43. The van der Waals surface area contributed by atoms with E-state index in [0.29, 0.717) is 32.5 Å². The van der Waals surface area contributed by atoms with Gasteiger partial charge >= 0.3 is 6.18 Å². The second kappa shape index (κ2) is 9.51. The number of alkyl halides is 4. The smallest absolute Gasteiger partial charge is 0.376 e. The summed E-state index contributed by atoms with van der Waals surface area (Å²) in [6, 6.07) is 0.131. The first-order chi connectivity index (χ1) is 14.3. The summed E-state index contributed by atoms with van der Waals surface area (Å²) in [7, 11) is 0. The predicted octanol–water partition coefficient (Wildman–Crippen LogP) is 1.16. The number of hydroxylamine groups is 1. The molecule has 3 heterocycles. The lowest BCUT2D eigenvalue weighted by atomic mass is 9.77. The Morgan fingerprint density at radius 2 is 1.87 bits per heavy atom. The van der Waals surface area contributed by atoms with Gasteiger partial charge in [0.15, 0.2) is 6.17 Å². The molecule has 0 radical (unpaired) electrons. The Kier molecular flexibility index (Phi) is 7.18. The van der Waals surface area contributed by atoms with Gasteiger partial charge in [-0.15, -0.1) is 0 Å². The quantitative estimate of drug-likeness (QED) is 0.412. The molecule has 0 bridgehead atoms. The average Bonchev–Trinajstić information content (AvgIpc) is 3.36. The van der Waals surface area contributed by atoms with Crippen molar-refractivity contribution in [1.82, 2.24) is 26.3 Å². The minimum absolute atomic E-state index is 0.131. The Balaban J connectivity index is 1.32. The number of aliphatic hydroxyl groups excluding tert-OH is 1. The molecule has 0 amide bonds. The number of nitrogens with one attached hydrogen (secondary N) is 4. The molecular formula is C19H33F4N5O2. The standard InChI is InChI=1S/C19H33F4N5O2/c20-16-17(24-9-13-8-15(29)27-30-13)25-10-26-18(16)28-7-1-2-14(28)11-3-5-12(6-4-11)19(21,22)23/h11-18,24-27,29H,1-10H2. The predicted molar refractivity (Wildman–Crippen MR) is 101 cm³/mol. The summed E-state index contributed by atoms with van der Waals surface area (Å²) in [5, 5.41) is 18.9. The van der Waals surface area contributed by atoms with Gasteiger partial charge in [0.1, 0.15) is 6.23 Å². The number of rotatable bonds is 5. The van der Waals surface area contributed by atoms with Gasteiger partial charge < -0.3 is 5.11 Å². The van der Waals surface area contributed by atoms with Crippen molar-refractivity contribution >= 4 is 0 Å². The number of hydrogen-bond acceptors (Lipinski definition) is 7. The van der Waals surface area contributed by atoms with E-state index in [-0.39, 0.29) is 30.9 Å². The molecule has 7 nitrogen and oxygen atoms in total. The third kappa shape index (κ3) is 5.08. The van der Waals surface area contributed by atoms with Gasteiger partial charge in [0.05, 0.1) is 24.4 Å². The van der Waals surface area contributed by atoms with Crippen molar-refractivity contribution in [2.24, 2.45) is 11.8 Å². The minimum Gasteiger partial charge on any atom is -0.376 e. The van der Waals surface area contributed by atoms with E-state index in [0.717, 1.165) is 19.4 Å². The summed E-state index contributed by atoms with van der Waals surface area (Å²) in [5.74, 6) is -0.991. The summed E-state index contributed by atoms with van der Waals surface area (Å²) in [5.41, 5.74) is 2.49. The fourth-order valence-electron chi connectivity index (χ4n) is 5.57. The van der Waals surface area contributed by atoms with Crippen LogP contribution in [0.15, 0.2) is 0 Å². The van der Waals surface area contributed by atoms with Gasteiger partial charge in [-0.25, -0.2) is 4.39 Å². The van der Waals surface area contributed by atoms with Crippen LogP contribution in [0.2, 0.25) is 0 Å². The van der Waals surface area contributed by atoms with Gasteiger partial charge in [-0.2, -0.15) is 18.7 Å². The van der Waals surface area contributed by atoms with E-state index >= 15 is 4.39 Å². The van der Waals surface area contributed by atoms with Gasteiger partial charge in [-0.1, -0.05) is 0 Å². The third-order valence-electron chi connectivity index (χ3n) is 7.15. The third-order valence-corrected chi connectivity index (χ3v) is 7.15. The van der Waals surface area contributed by atoms with Gasteiger partial charge in [0.2, 0.25) is 0 Å². The molecule has 5 N–H and O–H groups in total. The summed E-state index contributed by atoms with van der Waals surface area (Å²) in [6.07, 6.45) is -3.50. The summed E-state index contributed by atoms with van der Waals surface area (Å²) in [6.45, 7) is 1.61. The van der Waals surface area contributed by atoms with E-state index in [4.69, 9.17) is 4.84 Å². The number of likely N-dealkylation sites (tertiary alicyclic amines) is 1. The van der Waals surface area contributed by atoms with Gasteiger partial charge in [-0.3, -0.25) is 25.7 Å². The second-order valence-corrected chi connectivity index (χ2v) is 9.07. The van der Waals surface area contributed by atoms with E-state index < -0.39 is 36.8 Å². The highest BCUT2D eigenvalue weighted by molar-refractivity contribution is 4.97. The first-order valence-corrected chi connectivity index (χ1v) is 11.1. The largest absolute Gasteiger partial charge is 0.391 e. The molecule has 1 aliphatic carbocycles. The molecular weight excluding hydrogens is 406 g/mol. The van der Waals surface area contributed by atoms with Crippen LogP contribution < -0.4 is 21.4 Å². The molecule has 0 aromatic heterocycles. The molecule has 3 saturated heterocycles. The molecule has 0 aromatic rings. The highest BCUT2D eigenvalue weighted by atomic mass is 19.4. The van der Waals surface area contributed by atoms with Crippen molar-refractivity contribution in [3.63, 3.8) is 0 Å². The maximum atomic E-state index is 15.4. The molecule has 0 aromatic carbocycles. The number of hydrogen-bond donors (Lipinski definition) is 5. The van der Waals surface area contributed by atoms with Crippen LogP contribution in [0.25, 0.3) is 0 Å². The first-order valence-electron chi connectivity index (χ1n) is 11.1. The van der Waals surface area contributed by atoms with Crippen LogP contribution in [0.3, 0.4) is 0 Å². The lowest BCUT2D eigenvalue weighted by molar-refractivity contribution is -0.185. The second-order valence-electron chi connectivity index (χ2n) is 9.07. The molecule has 11 heteroatoms. The topological polar surface area (TPSA) is 80.8 Å². The molecule has 4 rings (SSSR count). The normalized spacial score (nSPS) is 43.9. The molecule has 30 heavy (non-hydrogen) atoms. The van der Waals surface area contributed by atoms with E-state index in [9.17, 15) is 18.3 Å². The van der Waals surface area contributed by atoms with Crippen molar-refractivity contribution in [2.75, 3.05) is 19.8 Å². The van der Waals surface area contributed by atoms with E-state index in [1.54, 1.807) is 0 Å². The Bertz CT molecular complexity index is 564. The van der Waals surface area contributed by atoms with Crippen LogP contribution in [0.1, 0.15) is 44.9 Å². The first kappa shape index (κ1) is 22.6. The van der Waals surface area contributed by atoms with Crippen LogP contribution in [-0.2, 0) is 4.84 Å². The van der Waals surface area contributed by atoms with Crippen molar-refractivity contribution in [2.45, 2.75) is 88.0 Å². The van der Waals surface area contributed by atoms with Crippen LogP contribution in [0.4, 0.5) is 17.6 Å². The molecule has 6 atom stereocenters. The van der Waals surface area contributed by atoms with Crippen molar-refractivity contribution in [3.8, 4) is 0 Å². The summed E-state index contributed by atoms with van der Waals surface area (Å²) in [4.78, 5) is 7.38. The molecule has 0 spiro atoms. The number of nitrogens with zero attached hydrogens (tertiary/aromatic N) is 1. The number of halogens is 4. The van der Waals surface area contributed by atoms with Crippen molar-refractivity contribution in [3.05, 3.63) is 0 Å². The SMILES string of the molecule is OC1CC(CNC2NCNC(N3CCCC3C3CCC(C(F)(F)F)CC3)C2F)ON1. The molecule has 6 unspecified atom stereocenters. The molecule has 4 aliphatic rings. The van der Waals surface area contributed by atoms with Crippen LogP contribution in [-0.4, -0.2) is 72.8 Å². The Hall–Kier alpha value is -0.560. The zero-order valence-corrected chi connectivity index (χ0v) is 17.0. The Morgan fingerprint density at radius 1 is 1.10 bits per heavy atom. The molecule has 4 fully saturated rings. The minimum atomic E-state index is -4.10. The van der Waals surface area contributed by atoms with E-state index in [1.807, 2.05) is 0 Å². The fourth-order valence-corrected chi connectivity index (χ4v) is 5.57. The maximum absolute atomic E-state index is 15.4. The van der Waals surface area contributed by atoms with E-state index in [2.05, 4.69) is 26.3 Å². The summed E-state index contributed by atoms with van der Waals surface area (Å²) >= 11 is 0. The highest BCUT2D eigenvalue weighted by Gasteiger charge is 2.47. The maximum Gasteiger partial charge on any atom is 0.391 e. The molecule has 1 saturated carbocycles. The van der Waals surface area contributed by atoms with Gasteiger partial charge in [-0.05, 0) is 44.4 Å². The zero-order valence-electron chi connectivity index (χ0n) is 17.0. The van der Waals surface area contributed by atoms with Crippen molar-refractivity contribution in [1.29, 1.82) is 0 Å². The van der Waals surface area contributed by atoms with Crippen LogP contribution >= 0.6 is 0 Å². The Labute approximate surface area is 174 Å². The fraction of sp³-hybridized carbons (Fsp3) is 1.00. The van der Waals surface area contributed by atoms with Gasteiger partial charge in [0.25, 0.3) is 0 Å².